The summed E-state index contributed by atoms with van der Waals surface area (Å²) in [5.74, 6) is 1.91. The smallest absolute Gasteiger partial charge is 0.161 e. The molecule has 1 heterocycles. The molecule has 0 saturated heterocycles. The Balaban J connectivity index is 2.11. The number of ether oxygens (including phenoxy) is 2. The van der Waals surface area contributed by atoms with Crippen molar-refractivity contribution in [3.63, 3.8) is 0 Å². The van der Waals surface area contributed by atoms with Crippen LogP contribution in [0.2, 0.25) is 0 Å². The Morgan fingerprint density at radius 2 is 1.95 bits per heavy atom. The first-order chi connectivity index (χ1) is 10.2. The SMILES string of the molecule is CNCc1sc(COc2ccccc2OC)nc1C(C)C. The van der Waals surface area contributed by atoms with E-state index in [0.717, 1.165) is 28.7 Å². The van der Waals surface area contributed by atoms with Gasteiger partial charge in [0.1, 0.15) is 11.6 Å². The van der Waals surface area contributed by atoms with E-state index >= 15 is 0 Å². The molecule has 5 heteroatoms. The first-order valence-electron chi connectivity index (χ1n) is 7.04. The van der Waals surface area contributed by atoms with Crippen molar-refractivity contribution in [3.8, 4) is 11.5 Å². The largest absolute Gasteiger partial charge is 0.493 e. The number of rotatable bonds is 7. The Labute approximate surface area is 130 Å². The molecular weight excluding hydrogens is 284 g/mol. The van der Waals surface area contributed by atoms with Crippen LogP contribution in [0.15, 0.2) is 24.3 Å². The van der Waals surface area contributed by atoms with E-state index in [4.69, 9.17) is 14.5 Å². The molecule has 0 fully saturated rings. The molecule has 1 aromatic heterocycles. The zero-order chi connectivity index (χ0) is 15.2. The first kappa shape index (κ1) is 15.8. The quantitative estimate of drug-likeness (QED) is 0.849. The second kappa shape index (κ2) is 7.43. The van der Waals surface area contributed by atoms with Gasteiger partial charge in [0.15, 0.2) is 11.5 Å². The minimum absolute atomic E-state index is 0.421. The van der Waals surface area contributed by atoms with Gasteiger partial charge in [-0.15, -0.1) is 11.3 Å². The molecule has 4 nitrogen and oxygen atoms in total. The molecule has 0 spiro atoms. The van der Waals surface area contributed by atoms with Gasteiger partial charge in [0.25, 0.3) is 0 Å². The molecular formula is C16H22N2O2S. The fourth-order valence-electron chi connectivity index (χ4n) is 2.09. The van der Waals surface area contributed by atoms with Gasteiger partial charge in [-0.1, -0.05) is 26.0 Å². The monoisotopic (exact) mass is 306 g/mol. The molecule has 0 atom stereocenters. The van der Waals surface area contributed by atoms with Gasteiger partial charge >= 0.3 is 0 Å². The van der Waals surface area contributed by atoms with Gasteiger partial charge in [-0.25, -0.2) is 4.98 Å². The van der Waals surface area contributed by atoms with E-state index in [0.29, 0.717) is 12.5 Å². The van der Waals surface area contributed by atoms with Gasteiger partial charge in [-0.3, -0.25) is 0 Å². The van der Waals surface area contributed by atoms with Crippen molar-refractivity contribution in [1.29, 1.82) is 0 Å². The van der Waals surface area contributed by atoms with Gasteiger partial charge < -0.3 is 14.8 Å². The number of thiazole rings is 1. The third-order valence-corrected chi connectivity index (χ3v) is 4.12. The summed E-state index contributed by atoms with van der Waals surface area (Å²) in [5.41, 5.74) is 1.16. The van der Waals surface area contributed by atoms with Crippen LogP contribution in [0.25, 0.3) is 0 Å². The van der Waals surface area contributed by atoms with Crippen LogP contribution in [0.3, 0.4) is 0 Å². The highest BCUT2D eigenvalue weighted by atomic mass is 32.1. The molecule has 0 bridgehead atoms. The van der Waals surface area contributed by atoms with E-state index < -0.39 is 0 Å². The van der Waals surface area contributed by atoms with E-state index in [2.05, 4.69) is 19.2 Å². The average molecular weight is 306 g/mol. The van der Waals surface area contributed by atoms with Crippen molar-refractivity contribution >= 4 is 11.3 Å². The highest BCUT2D eigenvalue weighted by Crippen LogP contribution is 2.29. The Kier molecular flexibility index (Phi) is 5.59. The normalized spacial score (nSPS) is 10.9. The lowest BCUT2D eigenvalue weighted by Crippen LogP contribution is -2.06. The second-order valence-corrected chi connectivity index (χ2v) is 6.21. The molecule has 0 aliphatic carbocycles. The fraction of sp³-hybridized carbons (Fsp3) is 0.438. The minimum atomic E-state index is 0.421. The highest BCUT2D eigenvalue weighted by Gasteiger charge is 2.14. The van der Waals surface area contributed by atoms with Gasteiger partial charge in [-0.2, -0.15) is 0 Å². The summed E-state index contributed by atoms with van der Waals surface area (Å²) in [4.78, 5) is 6.00. The van der Waals surface area contributed by atoms with Crippen LogP contribution in [0.4, 0.5) is 0 Å². The summed E-state index contributed by atoms with van der Waals surface area (Å²) in [7, 11) is 3.60. The summed E-state index contributed by atoms with van der Waals surface area (Å²) < 4.78 is 11.1. The Bertz CT molecular complexity index is 581. The van der Waals surface area contributed by atoms with Crippen molar-refractivity contribution in [3.05, 3.63) is 39.8 Å². The van der Waals surface area contributed by atoms with Crippen LogP contribution in [0.5, 0.6) is 11.5 Å². The maximum atomic E-state index is 5.84. The van der Waals surface area contributed by atoms with E-state index in [-0.39, 0.29) is 0 Å². The van der Waals surface area contributed by atoms with Crippen molar-refractivity contribution in [2.24, 2.45) is 0 Å². The predicted molar refractivity (Wildman–Crippen MR) is 86.3 cm³/mol. The molecule has 0 unspecified atom stereocenters. The average Bonchev–Trinajstić information content (AvgIpc) is 2.89. The third kappa shape index (κ3) is 3.95. The number of para-hydroxylation sites is 2. The van der Waals surface area contributed by atoms with Crippen molar-refractivity contribution < 1.29 is 9.47 Å². The van der Waals surface area contributed by atoms with Crippen LogP contribution in [-0.4, -0.2) is 19.1 Å². The van der Waals surface area contributed by atoms with E-state index in [9.17, 15) is 0 Å². The second-order valence-electron chi connectivity index (χ2n) is 5.04. The molecule has 114 valence electrons. The molecule has 1 aromatic carbocycles. The highest BCUT2D eigenvalue weighted by molar-refractivity contribution is 7.11. The maximum absolute atomic E-state index is 5.84. The molecule has 21 heavy (non-hydrogen) atoms. The number of aromatic nitrogens is 1. The minimum Gasteiger partial charge on any atom is -0.493 e. The van der Waals surface area contributed by atoms with Crippen LogP contribution >= 0.6 is 11.3 Å². The number of hydrogen-bond acceptors (Lipinski definition) is 5. The Hall–Kier alpha value is -1.59. The number of hydrogen-bond donors (Lipinski definition) is 1. The van der Waals surface area contributed by atoms with Crippen molar-refractivity contribution in [2.75, 3.05) is 14.2 Å². The van der Waals surface area contributed by atoms with Gasteiger partial charge in [0.2, 0.25) is 0 Å². The molecule has 0 amide bonds. The molecule has 0 saturated carbocycles. The number of nitrogens with one attached hydrogen (secondary N) is 1. The summed E-state index contributed by atoms with van der Waals surface area (Å²) in [5, 5.41) is 4.19. The number of methoxy groups -OCH3 is 1. The van der Waals surface area contributed by atoms with Crippen molar-refractivity contribution in [2.45, 2.75) is 32.9 Å². The number of benzene rings is 1. The predicted octanol–water partition coefficient (Wildman–Crippen LogP) is 3.57. The van der Waals surface area contributed by atoms with E-state index in [1.165, 1.54) is 4.88 Å². The number of nitrogens with zero attached hydrogens (tertiary/aromatic N) is 1. The Morgan fingerprint density at radius 1 is 1.24 bits per heavy atom. The molecule has 2 rings (SSSR count). The molecule has 0 aliphatic heterocycles. The van der Waals surface area contributed by atoms with Gasteiger partial charge in [0, 0.05) is 11.4 Å². The van der Waals surface area contributed by atoms with Crippen LogP contribution < -0.4 is 14.8 Å². The van der Waals surface area contributed by atoms with Gasteiger partial charge in [0.05, 0.1) is 12.8 Å². The molecule has 0 aliphatic rings. The summed E-state index contributed by atoms with van der Waals surface area (Å²) >= 11 is 1.71. The zero-order valence-electron chi connectivity index (χ0n) is 13.0. The van der Waals surface area contributed by atoms with E-state index in [1.807, 2.05) is 31.3 Å². The zero-order valence-corrected chi connectivity index (χ0v) is 13.8. The third-order valence-electron chi connectivity index (χ3n) is 3.08. The van der Waals surface area contributed by atoms with Crippen LogP contribution in [-0.2, 0) is 13.2 Å². The van der Waals surface area contributed by atoms with Crippen LogP contribution in [0, 0.1) is 0 Å². The summed E-state index contributed by atoms with van der Waals surface area (Å²) in [6.45, 7) is 5.65. The standard InChI is InChI=1S/C16H22N2O2S/c1-11(2)16-14(9-17-3)21-15(18-16)10-20-13-8-6-5-7-12(13)19-4/h5-8,11,17H,9-10H2,1-4H3. The lowest BCUT2D eigenvalue weighted by Gasteiger charge is -2.08. The molecule has 2 aromatic rings. The maximum Gasteiger partial charge on any atom is 0.161 e. The molecule has 1 N–H and O–H groups in total. The molecule has 0 radical (unpaired) electrons. The fourth-order valence-corrected chi connectivity index (χ4v) is 3.24. The summed E-state index contributed by atoms with van der Waals surface area (Å²) in [6, 6.07) is 7.66. The first-order valence-corrected chi connectivity index (χ1v) is 7.86. The van der Waals surface area contributed by atoms with E-state index in [1.54, 1.807) is 18.4 Å². The van der Waals surface area contributed by atoms with Crippen molar-refractivity contribution in [1.82, 2.24) is 10.3 Å². The van der Waals surface area contributed by atoms with Gasteiger partial charge in [-0.05, 0) is 25.1 Å². The summed E-state index contributed by atoms with van der Waals surface area (Å²) in [6.07, 6.45) is 0. The van der Waals surface area contributed by atoms with Crippen LogP contribution in [0.1, 0.15) is 35.3 Å². The lowest BCUT2D eigenvalue weighted by molar-refractivity contribution is 0.284. The lowest BCUT2D eigenvalue weighted by atomic mass is 10.1. The topological polar surface area (TPSA) is 43.4 Å². The Morgan fingerprint density at radius 3 is 2.57 bits per heavy atom.